The predicted molar refractivity (Wildman–Crippen MR) is 76.9 cm³/mol. The number of hydrogen-bond donors (Lipinski definition) is 1. The number of benzene rings is 1. The van der Waals surface area contributed by atoms with Gasteiger partial charge in [-0.1, -0.05) is 0 Å². The van der Waals surface area contributed by atoms with Crippen LogP contribution in [0.4, 0.5) is 11.4 Å². The summed E-state index contributed by atoms with van der Waals surface area (Å²) < 4.78 is 5.41. The lowest BCUT2D eigenvalue weighted by molar-refractivity contribution is -0.120. The van der Waals surface area contributed by atoms with Crippen LogP contribution < -0.4 is 20.3 Å². The van der Waals surface area contributed by atoms with Crippen molar-refractivity contribution in [3.63, 3.8) is 0 Å². The molecule has 5 nitrogen and oxygen atoms in total. The van der Waals surface area contributed by atoms with Crippen LogP contribution in [0.25, 0.3) is 0 Å². The number of carbonyl (C=O) groups excluding carboxylic acids is 1. The Morgan fingerprint density at radius 3 is 2.95 bits per heavy atom. The maximum absolute atomic E-state index is 11.6. The predicted octanol–water partition coefficient (Wildman–Crippen LogP) is 1.22. The highest BCUT2D eigenvalue weighted by Gasteiger charge is 2.22. The summed E-state index contributed by atoms with van der Waals surface area (Å²) in [5.74, 6) is 0.747. The second-order valence-corrected chi connectivity index (χ2v) is 4.81. The zero-order valence-corrected chi connectivity index (χ0v) is 11.6. The minimum Gasteiger partial charge on any atom is -0.482 e. The zero-order chi connectivity index (χ0) is 13.8. The second-order valence-electron chi connectivity index (χ2n) is 4.81. The SMILES string of the molecule is CN(CCCCN)c1ccc2c(c1)N(C)C(=O)CO2. The van der Waals surface area contributed by atoms with E-state index in [9.17, 15) is 4.79 Å². The van der Waals surface area contributed by atoms with Crippen molar-refractivity contribution in [2.45, 2.75) is 12.8 Å². The summed E-state index contributed by atoms with van der Waals surface area (Å²) in [5, 5.41) is 0. The molecule has 5 heteroatoms. The lowest BCUT2D eigenvalue weighted by Gasteiger charge is -2.28. The number of unbranched alkanes of at least 4 members (excludes halogenated alkanes) is 1. The number of nitrogens with two attached hydrogens (primary N) is 1. The third-order valence-corrected chi connectivity index (χ3v) is 3.42. The Morgan fingerprint density at radius 2 is 2.21 bits per heavy atom. The Morgan fingerprint density at radius 1 is 1.42 bits per heavy atom. The number of ether oxygens (including phenoxy) is 1. The van der Waals surface area contributed by atoms with Crippen LogP contribution >= 0.6 is 0 Å². The van der Waals surface area contributed by atoms with Gasteiger partial charge >= 0.3 is 0 Å². The number of anilines is 2. The number of amides is 1. The van der Waals surface area contributed by atoms with Gasteiger partial charge in [0.05, 0.1) is 5.69 Å². The quantitative estimate of drug-likeness (QED) is 0.811. The van der Waals surface area contributed by atoms with Crippen molar-refractivity contribution in [2.24, 2.45) is 5.73 Å². The Labute approximate surface area is 113 Å². The molecule has 1 aliphatic heterocycles. The molecular formula is C14H21N3O2. The molecule has 1 aromatic carbocycles. The summed E-state index contributed by atoms with van der Waals surface area (Å²) in [4.78, 5) is 15.4. The van der Waals surface area contributed by atoms with E-state index >= 15 is 0 Å². The molecule has 19 heavy (non-hydrogen) atoms. The van der Waals surface area contributed by atoms with Gasteiger partial charge in [0, 0.05) is 26.3 Å². The van der Waals surface area contributed by atoms with Crippen molar-refractivity contribution < 1.29 is 9.53 Å². The Hall–Kier alpha value is -1.75. The molecule has 1 aliphatic rings. The van der Waals surface area contributed by atoms with Crippen LogP contribution in [0.15, 0.2) is 18.2 Å². The molecule has 0 aromatic heterocycles. The van der Waals surface area contributed by atoms with Gasteiger partial charge in [0.1, 0.15) is 5.75 Å². The van der Waals surface area contributed by atoms with Gasteiger partial charge in [-0.15, -0.1) is 0 Å². The van der Waals surface area contributed by atoms with Crippen LogP contribution in [0, 0.1) is 0 Å². The molecule has 0 radical (unpaired) electrons. The molecule has 0 spiro atoms. The van der Waals surface area contributed by atoms with Crippen molar-refractivity contribution in [3.8, 4) is 5.75 Å². The summed E-state index contributed by atoms with van der Waals surface area (Å²) >= 11 is 0. The van der Waals surface area contributed by atoms with E-state index in [2.05, 4.69) is 4.90 Å². The van der Waals surface area contributed by atoms with E-state index in [1.165, 1.54) is 0 Å². The molecule has 2 N–H and O–H groups in total. The van der Waals surface area contributed by atoms with E-state index in [-0.39, 0.29) is 12.5 Å². The van der Waals surface area contributed by atoms with Gasteiger partial charge < -0.3 is 20.3 Å². The van der Waals surface area contributed by atoms with Gasteiger partial charge in [-0.2, -0.15) is 0 Å². The zero-order valence-electron chi connectivity index (χ0n) is 11.6. The molecule has 0 atom stereocenters. The molecule has 104 valence electrons. The Kier molecular flexibility index (Phi) is 4.27. The minimum absolute atomic E-state index is 0.0181. The topological polar surface area (TPSA) is 58.8 Å². The molecule has 0 bridgehead atoms. The van der Waals surface area contributed by atoms with Crippen LogP contribution in [0.2, 0.25) is 0 Å². The van der Waals surface area contributed by atoms with Gasteiger partial charge in [-0.25, -0.2) is 0 Å². The fourth-order valence-corrected chi connectivity index (χ4v) is 2.12. The number of likely N-dealkylation sites (N-methyl/N-ethyl adjacent to an activating group) is 1. The van der Waals surface area contributed by atoms with Gasteiger partial charge in [-0.3, -0.25) is 4.79 Å². The normalized spacial score (nSPS) is 14.1. The smallest absolute Gasteiger partial charge is 0.264 e. The van der Waals surface area contributed by atoms with E-state index in [4.69, 9.17) is 10.5 Å². The fraction of sp³-hybridized carbons (Fsp3) is 0.500. The summed E-state index contributed by atoms with van der Waals surface area (Å²) in [6, 6.07) is 5.94. The summed E-state index contributed by atoms with van der Waals surface area (Å²) in [6.07, 6.45) is 2.09. The van der Waals surface area contributed by atoms with E-state index in [0.29, 0.717) is 0 Å². The molecule has 0 aliphatic carbocycles. The first-order valence-corrected chi connectivity index (χ1v) is 6.58. The fourth-order valence-electron chi connectivity index (χ4n) is 2.12. The lowest BCUT2D eigenvalue weighted by atomic mass is 10.2. The lowest BCUT2D eigenvalue weighted by Crippen LogP contribution is -2.35. The first-order valence-electron chi connectivity index (χ1n) is 6.58. The van der Waals surface area contributed by atoms with Crippen molar-refractivity contribution in [2.75, 3.05) is 43.6 Å². The molecule has 0 saturated heterocycles. The number of nitrogens with zero attached hydrogens (tertiary/aromatic N) is 2. The van der Waals surface area contributed by atoms with Crippen LogP contribution in [0.3, 0.4) is 0 Å². The average molecular weight is 263 g/mol. The van der Waals surface area contributed by atoms with Crippen molar-refractivity contribution in [1.29, 1.82) is 0 Å². The van der Waals surface area contributed by atoms with Gasteiger partial charge in [-0.05, 0) is 37.6 Å². The summed E-state index contributed by atoms with van der Waals surface area (Å²) in [5.41, 5.74) is 7.42. The third-order valence-electron chi connectivity index (χ3n) is 3.42. The largest absolute Gasteiger partial charge is 0.482 e. The van der Waals surface area contributed by atoms with Crippen LogP contribution in [-0.2, 0) is 4.79 Å². The van der Waals surface area contributed by atoms with Gasteiger partial charge in [0.25, 0.3) is 5.91 Å². The van der Waals surface area contributed by atoms with Crippen LogP contribution in [0.1, 0.15) is 12.8 Å². The van der Waals surface area contributed by atoms with Gasteiger partial charge in [0.15, 0.2) is 6.61 Å². The highest BCUT2D eigenvalue weighted by molar-refractivity contribution is 5.97. The second kappa shape index (κ2) is 5.93. The van der Waals surface area contributed by atoms with Gasteiger partial charge in [0.2, 0.25) is 0 Å². The number of hydrogen-bond acceptors (Lipinski definition) is 4. The first kappa shape index (κ1) is 13.7. The van der Waals surface area contributed by atoms with E-state index in [0.717, 1.165) is 43.1 Å². The monoisotopic (exact) mass is 263 g/mol. The summed E-state index contributed by atoms with van der Waals surface area (Å²) in [6.45, 7) is 1.80. The highest BCUT2D eigenvalue weighted by Crippen LogP contribution is 2.34. The Bertz CT molecular complexity index is 462. The van der Waals surface area contributed by atoms with Crippen LogP contribution in [-0.4, -0.2) is 39.7 Å². The van der Waals surface area contributed by atoms with Crippen molar-refractivity contribution in [1.82, 2.24) is 0 Å². The van der Waals surface area contributed by atoms with Crippen molar-refractivity contribution in [3.05, 3.63) is 18.2 Å². The molecule has 2 rings (SSSR count). The highest BCUT2D eigenvalue weighted by atomic mass is 16.5. The van der Waals surface area contributed by atoms with E-state index in [1.807, 2.05) is 25.2 Å². The molecule has 1 amide bonds. The first-order chi connectivity index (χ1) is 9.13. The number of rotatable bonds is 5. The molecule has 1 aromatic rings. The third kappa shape index (κ3) is 2.98. The molecular weight excluding hydrogens is 242 g/mol. The Balaban J connectivity index is 2.13. The summed E-state index contributed by atoms with van der Waals surface area (Å²) in [7, 11) is 3.83. The minimum atomic E-state index is -0.0181. The molecule has 0 fully saturated rings. The molecule has 1 heterocycles. The molecule has 0 saturated carbocycles. The average Bonchev–Trinajstić information content (AvgIpc) is 2.43. The van der Waals surface area contributed by atoms with Crippen LogP contribution in [0.5, 0.6) is 5.75 Å². The standard InChI is InChI=1S/C14H21N3O2/c1-16(8-4-3-7-15)11-5-6-13-12(9-11)17(2)14(18)10-19-13/h5-6,9H,3-4,7-8,10,15H2,1-2H3. The molecule has 0 unspecified atom stereocenters. The maximum Gasteiger partial charge on any atom is 0.264 e. The van der Waals surface area contributed by atoms with E-state index in [1.54, 1.807) is 11.9 Å². The number of carbonyl (C=O) groups is 1. The van der Waals surface area contributed by atoms with Crippen molar-refractivity contribution >= 4 is 17.3 Å². The maximum atomic E-state index is 11.6. The number of fused-ring (bicyclic) bond motifs is 1. The van der Waals surface area contributed by atoms with E-state index < -0.39 is 0 Å².